The number of rotatable bonds is 5. The topological polar surface area (TPSA) is 44.8 Å². The van der Waals surface area contributed by atoms with E-state index in [1.54, 1.807) is 0 Å². The second kappa shape index (κ2) is 8.42. The smallest absolute Gasteiger partial charge is 0.317 e. The van der Waals surface area contributed by atoms with Crippen LogP contribution in [0.5, 0.6) is 5.75 Å². The molecule has 2 aromatic rings. The van der Waals surface area contributed by atoms with Gasteiger partial charge in [-0.15, -0.1) is 0 Å². The number of piperazine rings is 1. The second-order valence-electron chi connectivity index (χ2n) is 6.05. The van der Waals surface area contributed by atoms with Crippen molar-refractivity contribution in [3.05, 3.63) is 60.2 Å². The molecule has 1 fully saturated rings. The van der Waals surface area contributed by atoms with Crippen LogP contribution in [0.25, 0.3) is 0 Å². The number of anilines is 1. The Morgan fingerprint density at radius 1 is 1.00 bits per heavy atom. The molecule has 1 aliphatic rings. The first-order valence-electron chi connectivity index (χ1n) is 8.81. The van der Waals surface area contributed by atoms with Gasteiger partial charge >= 0.3 is 6.03 Å². The van der Waals surface area contributed by atoms with Crippen molar-refractivity contribution < 1.29 is 9.53 Å². The summed E-state index contributed by atoms with van der Waals surface area (Å²) in [7, 11) is 0. The van der Waals surface area contributed by atoms with E-state index in [1.165, 1.54) is 5.69 Å². The van der Waals surface area contributed by atoms with Gasteiger partial charge in [-0.1, -0.05) is 30.3 Å². The van der Waals surface area contributed by atoms with Gasteiger partial charge in [0.15, 0.2) is 0 Å². The molecule has 1 heterocycles. The summed E-state index contributed by atoms with van der Waals surface area (Å²) in [5, 5.41) is 3.00. The number of benzene rings is 2. The molecule has 2 amide bonds. The van der Waals surface area contributed by atoms with Gasteiger partial charge in [-0.25, -0.2) is 4.79 Å². The highest BCUT2D eigenvalue weighted by molar-refractivity contribution is 5.74. The third kappa shape index (κ3) is 4.66. The molecule has 25 heavy (non-hydrogen) atoms. The predicted octanol–water partition coefficient (Wildman–Crippen LogP) is 3.12. The van der Waals surface area contributed by atoms with E-state index in [9.17, 15) is 4.79 Å². The van der Waals surface area contributed by atoms with Gasteiger partial charge in [0.2, 0.25) is 0 Å². The fourth-order valence-electron chi connectivity index (χ4n) is 2.97. The molecule has 132 valence electrons. The number of amides is 2. The lowest BCUT2D eigenvalue weighted by Crippen LogP contribution is -2.51. The quantitative estimate of drug-likeness (QED) is 0.910. The van der Waals surface area contributed by atoms with Crippen LogP contribution in [0.1, 0.15) is 12.5 Å². The standard InChI is InChI=1S/C20H25N3O2/c1-2-25-19-10-8-17(9-11-19)16-21-20(24)23-14-12-22(13-15-23)18-6-4-3-5-7-18/h3-11H,2,12-16H2,1H3,(H,21,24). The molecule has 1 N–H and O–H groups in total. The van der Waals surface area contributed by atoms with Crippen molar-refractivity contribution in [2.45, 2.75) is 13.5 Å². The van der Waals surface area contributed by atoms with Gasteiger partial charge in [0, 0.05) is 38.4 Å². The summed E-state index contributed by atoms with van der Waals surface area (Å²) in [4.78, 5) is 16.6. The molecule has 3 rings (SSSR count). The molecule has 0 aromatic heterocycles. The molecule has 5 nitrogen and oxygen atoms in total. The number of hydrogen-bond donors (Lipinski definition) is 1. The van der Waals surface area contributed by atoms with Crippen LogP contribution in [-0.2, 0) is 6.54 Å². The highest BCUT2D eigenvalue weighted by Gasteiger charge is 2.20. The summed E-state index contributed by atoms with van der Waals surface area (Å²) < 4.78 is 5.43. The Labute approximate surface area is 149 Å². The molecule has 0 radical (unpaired) electrons. The van der Waals surface area contributed by atoms with Crippen molar-refractivity contribution in [1.29, 1.82) is 0 Å². The molecule has 0 bridgehead atoms. The number of nitrogens with one attached hydrogen (secondary N) is 1. The number of carbonyl (C=O) groups excluding carboxylic acids is 1. The van der Waals surface area contributed by atoms with E-state index in [2.05, 4.69) is 22.3 Å². The zero-order chi connectivity index (χ0) is 17.5. The van der Waals surface area contributed by atoms with Gasteiger partial charge in [0.25, 0.3) is 0 Å². The minimum atomic E-state index is 0.00148. The van der Waals surface area contributed by atoms with Crippen molar-refractivity contribution in [3.8, 4) is 5.75 Å². The lowest BCUT2D eigenvalue weighted by Gasteiger charge is -2.36. The average molecular weight is 339 g/mol. The highest BCUT2D eigenvalue weighted by atomic mass is 16.5. The summed E-state index contributed by atoms with van der Waals surface area (Å²) >= 11 is 0. The number of nitrogens with zero attached hydrogens (tertiary/aromatic N) is 2. The maximum atomic E-state index is 12.4. The van der Waals surface area contributed by atoms with Crippen LogP contribution in [0, 0.1) is 0 Å². The van der Waals surface area contributed by atoms with E-state index in [0.29, 0.717) is 13.2 Å². The predicted molar refractivity (Wildman–Crippen MR) is 100 cm³/mol. The van der Waals surface area contributed by atoms with Crippen molar-refractivity contribution in [2.75, 3.05) is 37.7 Å². The van der Waals surface area contributed by atoms with Crippen molar-refractivity contribution in [2.24, 2.45) is 0 Å². The fourth-order valence-corrected chi connectivity index (χ4v) is 2.97. The summed E-state index contributed by atoms with van der Waals surface area (Å²) in [6.45, 7) is 6.36. The van der Waals surface area contributed by atoms with Crippen LogP contribution < -0.4 is 15.0 Å². The molecular weight excluding hydrogens is 314 g/mol. The van der Waals surface area contributed by atoms with Crippen LogP contribution in [-0.4, -0.2) is 43.7 Å². The molecule has 1 saturated heterocycles. The van der Waals surface area contributed by atoms with E-state index < -0.39 is 0 Å². The third-order valence-corrected chi connectivity index (χ3v) is 4.37. The molecule has 0 unspecified atom stereocenters. The zero-order valence-electron chi connectivity index (χ0n) is 14.6. The van der Waals surface area contributed by atoms with Crippen LogP contribution in [0.4, 0.5) is 10.5 Å². The van der Waals surface area contributed by atoms with E-state index >= 15 is 0 Å². The molecular formula is C20H25N3O2. The molecule has 5 heteroatoms. The Kier molecular flexibility index (Phi) is 5.77. The average Bonchev–Trinajstić information content (AvgIpc) is 2.68. The van der Waals surface area contributed by atoms with E-state index in [-0.39, 0.29) is 6.03 Å². The number of para-hydroxylation sites is 1. The van der Waals surface area contributed by atoms with Gasteiger partial charge in [-0.2, -0.15) is 0 Å². The number of urea groups is 1. The maximum Gasteiger partial charge on any atom is 0.317 e. The van der Waals surface area contributed by atoms with Crippen molar-refractivity contribution in [1.82, 2.24) is 10.2 Å². The Hall–Kier alpha value is -2.69. The summed E-state index contributed by atoms with van der Waals surface area (Å²) in [5.41, 5.74) is 2.29. The van der Waals surface area contributed by atoms with Crippen LogP contribution in [0.3, 0.4) is 0 Å². The van der Waals surface area contributed by atoms with Crippen molar-refractivity contribution >= 4 is 11.7 Å². The van der Waals surface area contributed by atoms with Crippen molar-refractivity contribution in [3.63, 3.8) is 0 Å². The minimum absolute atomic E-state index is 0.00148. The number of hydrogen-bond acceptors (Lipinski definition) is 3. The Bertz CT molecular complexity index is 665. The second-order valence-corrected chi connectivity index (χ2v) is 6.05. The molecule has 0 aliphatic carbocycles. The van der Waals surface area contributed by atoms with Crippen LogP contribution in [0.2, 0.25) is 0 Å². The first-order chi connectivity index (χ1) is 12.3. The van der Waals surface area contributed by atoms with Crippen LogP contribution in [0.15, 0.2) is 54.6 Å². The zero-order valence-corrected chi connectivity index (χ0v) is 14.6. The van der Waals surface area contributed by atoms with Gasteiger partial charge in [-0.3, -0.25) is 0 Å². The van der Waals surface area contributed by atoms with Gasteiger partial charge in [-0.05, 0) is 36.8 Å². The highest BCUT2D eigenvalue weighted by Crippen LogP contribution is 2.16. The SMILES string of the molecule is CCOc1ccc(CNC(=O)N2CCN(c3ccccc3)CC2)cc1. The summed E-state index contributed by atoms with van der Waals surface area (Å²) in [6, 6.07) is 18.2. The largest absolute Gasteiger partial charge is 0.494 e. The fraction of sp³-hybridized carbons (Fsp3) is 0.350. The third-order valence-electron chi connectivity index (χ3n) is 4.37. The summed E-state index contributed by atoms with van der Waals surface area (Å²) in [6.07, 6.45) is 0. The lowest BCUT2D eigenvalue weighted by atomic mass is 10.2. The molecule has 0 saturated carbocycles. The Morgan fingerprint density at radius 2 is 1.68 bits per heavy atom. The Balaban J connectivity index is 1.45. The van der Waals surface area contributed by atoms with Gasteiger partial charge < -0.3 is 19.9 Å². The van der Waals surface area contributed by atoms with Crippen LogP contribution >= 0.6 is 0 Å². The molecule has 0 atom stereocenters. The van der Waals surface area contributed by atoms with E-state index in [1.807, 2.05) is 54.3 Å². The first-order valence-corrected chi connectivity index (χ1v) is 8.81. The molecule has 2 aromatic carbocycles. The molecule has 0 spiro atoms. The van der Waals surface area contributed by atoms with E-state index in [4.69, 9.17) is 4.74 Å². The first kappa shape index (κ1) is 17.1. The maximum absolute atomic E-state index is 12.4. The monoisotopic (exact) mass is 339 g/mol. The lowest BCUT2D eigenvalue weighted by molar-refractivity contribution is 0.194. The normalized spacial score (nSPS) is 14.3. The Morgan fingerprint density at radius 3 is 2.32 bits per heavy atom. The molecule has 1 aliphatic heterocycles. The number of carbonyl (C=O) groups is 1. The van der Waals surface area contributed by atoms with E-state index in [0.717, 1.165) is 37.5 Å². The van der Waals surface area contributed by atoms with Gasteiger partial charge in [0.05, 0.1) is 6.61 Å². The number of ether oxygens (including phenoxy) is 1. The summed E-state index contributed by atoms with van der Waals surface area (Å²) in [5.74, 6) is 0.856. The minimum Gasteiger partial charge on any atom is -0.494 e. The van der Waals surface area contributed by atoms with Gasteiger partial charge in [0.1, 0.15) is 5.75 Å².